The lowest BCUT2D eigenvalue weighted by Crippen LogP contribution is -2.30. The van der Waals surface area contributed by atoms with Crippen LogP contribution in [0.1, 0.15) is 5.56 Å². The zero-order valence-electron chi connectivity index (χ0n) is 12.1. The van der Waals surface area contributed by atoms with E-state index in [2.05, 4.69) is 25.8 Å². The topological polar surface area (TPSA) is 69.2 Å². The number of hydrogen-bond acceptors (Lipinski definition) is 5. The second-order valence-corrected chi connectivity index (χ2v) is 4.69. The number of hydrazine groups is 1. The quantitative estimate of drug-likeness (QED) is 0.722. The number of nitrogens with zero attached hydrogens (tertiary/aromatic N) is 4. The number of fused-ring (bicyclic) bond motifs is 1. The number of aromatic amines is 1. The number of nitrogens with one attached hydrogen (secondary N) is 2. The smallest absolute Gasteiger partial charge is 0.112 e. The molecule has 2 N–H and O–H groups in total. The molecule has 0 spiro atoms. The van der Waals surface area contributed by atoms with Gasteiger partial charge in [-0.1, -0.05) is 42.5 Å². The summed E-state index contributed by atoms with van der Waals surface area (Å²) in [6, 6.07) is 17.8. The molecule has 110 valence electrons. The number of rotatable bonds is 1. The Bertz CT molecular complexity index is 760. The van der Waals surface area contributed by atoms with Crippen molar-refractivity contribution in [3.8, 4) is 0 Å². The van der Waals surface area contributed by atoms with Crippen LogP contribution in [0.25, 0.3) is 16.7 Å². The van der Waals surface area contributed by atoms with Crippen LogP contribution in [0.2, 0.25) is 0 Å². The summed E-state index contributed by atoms with van der Waals surface area (Å²) in [7, 11) is 1.94. The van der Waals surface area contributed by atoms with Gasteiger partial charge >= 0.3 is 0 Å². The molecule has 1 aromatic heterocycles. The van der Waals surface area contributed by atoms with E-state index in [1.165, 1.54) is 0 Å². The van der Waals surface area contributed by atoms with Crippen molar-refractivity contribution in [2.75, 3.05) is 7.05 Å². The van der Waals surface area contributed by atoms with Gasteiger partial charge in [-0.25, -0.2) is 4.99 Å². The van der Waals surface area contributed by atoms with Gasteiger partial charge in [-0.05, 0) is 12.1 Å². The van der Waals surface area contributed by atoms with E-state index in [1.807, 2.05) is 72.9 Å². The molecule has 6 heteroatoms. The molecule has 2 aromatic carbocycles. The van der Waals surface area contributed by atoms with Crippen LogP contribution in [0.5, 0.6) is 0 Å². The summed E-state index contributed by atoms with van der Waals surface area (Å²) in [6.45, 7) is 0. The lowest BCUT2D eigenvalue weighted by atomic mass is 10.2. The van der Waals surface area contributed by atoms with Gasteiger partial charge in [0, 0.05) is 18.8 Å². The van der Waals surface area contributed by atoms with E-state index in [9.17, 15) is 0 Å². The Morgan fingerprint density at radius 2 is 1.50 bits per heavy atom. The molecular formula is C16H16N6. The average molecular weight is 292 g/mol. The van der Waals surface area contributed by atoms with E-state index in [4.69, 9.17) is 0 Å². The van der Waals surface area contributed by atoms with Gasteiger partial charge in [-0.15, -0.1) is 0 Å². The van der Waals surface area contributed by atoms with Crippen LogP contribution in [-0.2, 0) is 0 Å². The average Bonchev–Trinajstić information content (AvgIpc) is 3.05. The molecule has 0 atom stereocenters. The van der Waals surface area contributed by atoms with Crippen LogP contribution in [0.4, 0.5) is 0 Å². The molecule has 1 aliphatic rings. The third kappa shape index (κ3) is 3.29. The summed E-state index contributed by atoms with van der Waals surface area (Å²) in [5.41, 5.74) is 6.88. The van der Waals surface area contributed by atoms with Gasteiger partial charge in [0.15, 0.2) is 0 Å². The normalized spacial score (nSPS) is 13.1. The summed E-state index contributed by atoms with van der Waals surface area (Å²) in [5.74, 6) is 0. The lowest BCUT2D eigenvalue weighted by molar-refractivity contribution is 0.411. The highest BCUT2D eigenvalue weighted by Crippen LogP contribution is 2.16. The monoisotopic (exact) mass is 292 g/mol. The molecule has 0 fully saturated rings. The van der Waals surface area contributed by atoms with Crippen LogP contribution in [0.3, 0.4) is 0 Å². The van der Waals surface area contributed by atoms with Crippen LogP contribution in [0.15, 0.2) is 65.8 Å². The summed E-state index contributed by atoms with van der Waals surface area (Å²) in [4.78, 5) is 4.23. The van der Waals surface area contributed by atoms with Crippen molar-refractivity contribution in [1.29, 1.82) is 0 Å². The van der Waals surface area contributed by atoms with E-state index in [0.29, 0.717) is 0 Å². The molecular weight excluding hydrogens is 276 g/mol. The first-order chi connectivity index (χ1) is 10.8. The predicted octanol–water partition coefficient (Wildman–Crippen LogP) is 2.42. The van der Waals surface area contributed by atoms with Gasteiger partial charge in [0.25, 0.3) is 0 Å². The van der Waals surface area contributed by atoms with E-state index >= 15 is 0 Å². The highest BCUT2D eigenvalue weighted by atomic mass is 15.5. The maximum absolute atomic E-state index is 4.23. The maximum Gasteiger partial charge on any atom is 0.112 e. The fourth-order valence-corrected chi connectivity index (χ4v) is 1.99. The van der Waals surface area contributed by atoms with Gasteiger partial charge in [0.05, 0.1) is 5.70 Å². The zero-order chi connectivity index (χ0) is 15.2. The maximum atomic E-state index is 4.23. The van der Waals surface area contributed by atoms with Gasteiger partial charge < -0.3 is 0 Å². The third-order valence-corrected chi connectivity index (χ3v) is 3.07. The Kier molecular flexibility index (Phi) is 4.10. The molecule has 0 saturated heterocycles. The number of H-pyrrole nitrogens is 1. The van der Waals surface area contributed by atoms with Crippen molar-refractivity contribution >= 4 is 23.1 Å². The van der Waals surface area contributed by atoms with Crippen molar-refractivity contribution in [2.24, 2.45) is 4.99 Å². The Hall–Kier alpha value is -3.15. The highest BCUT2D eigenvalue weighted by Gasteiger charge is 2.02. The molecule has 3 aromatic rings. The van der Waals surface area contributed by atoms with Crippen LogP contribution in [-0.4, -0.2) is 33.8 Å². The summed E-state index contributed by atoms with van der Waals surface area (Å²) in [6.07, 6.45) is 3.64. The van der Waals surface area contributed by atoms with Crippen LogP contribution < -0.4 is 5.43 Å². The van der Waals surface area contributed by atoms with Crippen LogP contribution in [0, 0.1) is 0 Å². The highest BCUT2D eigenvalue weighted by molar-refractivity contribution is 5.74. The molecule has 0 saturated carbocycles. The molecule has 6 nitrogen and oxygen atoms in total. The molecule has 0 bridgehead atoms. The SMILES string of the molecule is CN1C=C(c2ccccc2)N=CN1.c1ccc2n[nH]nc2c1. The molecule has 0 aliphatic carbocycles. The molecule has 0 amide bonds. The van der Waals surface area contributed by atoms with Crippen LogP contribution >= 0.6 is 0 Å². The summed E-state index contributed by atoms with van der Waals surface area (Å²) >= 11 is 0. The number of para-hydroxylation sites is 2. The Labute approximate surface area is 128 Å². The number of hydrogen-bond donors (Lipinski definition) is 2. The second-order valence-electron chi connectivity index (χ2n) is 4.69. The fourth-order valence-electron chi connectivity index (χ4n) is 1.99. The predicted molar refractivity (Wildman–Crippen MR) is 87.7 cm³/mol. The zero-order valence-corrected chi connectivity index (χ0v) is 12.1. The minimum atomic E-state index is 0.914. The standard InChI is InChI=1S/C10H11N3.C6H5N3/c1-13-7-10(11-8-12-13)9-5-3-2-4-6-9;1-2-4-6-5(3-1)7-9-8-6/h2-8H,1H3,(H,11,12);1-4H,(H,7,8,9). The molecule has 1 aliphatic heterocycles. The van der Waals surface area contributed by atoms with E-state index < -0.39 is 0 Å². The largest absolute Gasteiger partial charge is 0.295 e. The first kappa shape index (κ1) is 13.8. The molecule has 0 unspecified atom stereocenters. The van der Waals surface area contributed by atoms with E-state index in [-0.39, 0.29) is 0 Å². The van der Waals surface area contributed by atoms with E-state index in [1.54, 1.807) is 6.34 Å². The summed E-state index contributed by atoms with van der Waals surface area (Å²) < 4.78 is 0. The van der Waals surface area contributed by atoms with Crippen molar-refractivity contribution in [2.45, 2.75) is 0 Å². The van der Waals surface area contributed by atoms with Gasteiger partial charge in [0.2, 0.25) is 0 Å². The lowest BCUT2D eigenvalue weighted by Gasteiger charge is -2.18. The Morgan fingerprint density at radius 3 is 2.14 bits per heavy atom. The number of aromatic nitrogens is 3. The fraction of sp³-hybridized carbons (Fsp3) is 0.0625. The van der Waals surface area contributed by atoms with Gasteiger partial charge in [-0.2, -0.15) is 15.4 Å². The van der Waals surface area contributed by atoms with Gasteiger partial charge in [0.1, 0.15) is 17.4 Å². The minimum Gasteiger partial charge on any atom is -0.295 e. The Balaban J connectivity index is 0.000000139. The molecule has 0 radical (unpaired) electrons. The Morgan fingerprint density at radius 1 is 0.864 bits per heavy atom. The first-order valence-electron chi connectivity index (χ1n) is 6.87. The third-order valence-electron chi connectivity index (χ3n) is 3.07. The molecule has 22 heavy (non-hydrogen) atoms. The molecule has 2 heterocycles. The molecule has 4 rings (SSSR count). The van der Waals surface area contributed by atoms with Crippen molar-refractivity contribution in [1.82, 2.24) is 25.8 Å². The van der Waals surface area contributed by atoms with Crippen molar-refractivity contribution in [3.63, 3.8) is 0 Å². The van der Waals surface area contributed by atoms with Gasteiger partial charge in [-0.3, -0.25) is 10.4 Å². The first-order valence-corrected chi connectivity index (χ1v) is 6.87. The second kappa shape index (κ2) is 6.53. The van der Waals surface area contributed by atoms with E-state index in [0.717, 1.165) is 22.3 Å². The minimum absolute atomic E-state index is 0.914. The van der Waals surface area contributed by atoms with Crippen molar-refractivity contribution in [3.05, 3.63) is 66.4 Å². The van der Waals surface area contributed by atoms with Crippen molar-refractivity contribution < 1.29 is 0 Å². The number of benzene rings is 2. The summed E-state index contributed by atoms with van der Waals surface area (Å²) in [5, 5.41) is 12.2. The number of aliphatic imine (C=N–C) groups is 1.